The number of benzene rings is 2. The van der Waals surface area contributed by atoms with Crippen LogP contribution in [0, 0.1) is 21.7 Å². The average Bonchev–Trinajstić information content (AvgIpc) is 2.53. The number of nitrogens with two attached hydrogens (primary N) is 1. The largest absolute Gasteiger partial charge is 0.332 e. The lowest BCUT2D eigenvalue weighted by molar-refractivity contribution is -0.682. The normalized spacial score (nSPS) is 11.8. The topological polar surface area (TPSA) is 88.8 Å². The van der Waals surface area contributed by atoms with Crippen LogP contribution in [-0.4, -0.2) is 17.4 Å². The molecule has 0 fully saturated rings. The van der Waals surface area contributed by atoms with Crippen molar-refractivity contribution in [3.05, 3.63) is 69.8 Å². The predicted molar refractivity (Wildman–Crippen MR) is 83.3 cm³/mol. The Morgan fingerprint density at radius 3 is 2.71 bits per heavy atom. The predicted octanol–water partition coefficient (Wildman–Crippen LogP) is 2.14. The molecular weight excluding hydrogens is 320 g/mol. The number of nitro benzene ring substituents is 1. The van der Waals surface area contributed by atoms with Gasteiger partial charge >= 0.3 is 0 Å². The van der Waals surface area contributed by atoms with Crippen molar-refractivity contribution in [3.8, 4) is 0 Å². The van der Waals surface area contributed by atoms with Crippen molar-refractivity contribution in [2.45, 2.75) is 13.0 Å². The molecule has 8 heteroatoms. The maximum absolute atomic E-state index is 13.7. The fraction of sp³-hybridized carbons (Fsp3) is 0.188. The molecule has 0 radical (unpaired) electrons. The Labute approximate surface area is 136 Å². The number of hydrogen-bond donors (Lipinski definition) is 2. The third-order valence-electron chi connectivity index (χ3n) is 3.45. The van der Waals surface area contributed by atoms with E-state index in [9.17, 15) is 23.7 Å². The summed E-state index contributed by atoms with van der Waals surface area (Å²) in [5.74, 6) is -1.71. The first-order valence-electron chi connectivity index (χ1n) is 7.19. The van der Waals surface area contributed by atoms with Crippen LogP contribution >= 0.6 is 0 Å². The highest BCUT2D eigenvalue weighted by molar-refractivity contribution is 5.91. The highest BCUT2D eigenvalue weighted by Gasteiger charge is 2.16. The maximum atomic E-state index is 13.7. The second-order valence-electron chi connectivity index (χ2n) is 5.25. The molecule has 24 heavy (non-hydrogen) atoms. The second-order valence-corrected chi connectivity index (χ2v) is 5.25. The van der Waals surface area contributed by atoms with Gasteiger partial charge in [-0.2, -0.15) is 0 Å². The number of anilines is 1. The second kappa shape index (κ2) is 7.60. The summed E-state index contributed by atoms with van der Waals surface area (Å²) in [6.45, 7) is 1.68. The first kappa shape index (κ1) is 17.5. The molecule has 0 heterocycles. The monoisotopic (exact) mass is 336 g/mol. The van der Waals surface area contributed by atoms with Crippen LogP contribution in [0.25, 0.3) is 0 Å². The molecule has 0 saturated carbocycles. The van der Waals surface area contributed by atoms with E-state index in [0.717, 1.165) is 12.1 Å². The molecule has 1 amide bonds. The summed E-state index contributed by atoms with van der Waals surface area (Å²) in [4.78, 5) is 22.0. The third kappa shape index (κ3) is 4.56. The van der Waals surface area contributed by atoms with Gasteiger partial charge in [0.1, 0.15) is 17.7 Å². The standard InChI is InChI=1S/C16H15F2N3O3/c1-10(14-6-5-11(17)7-15(14)18)19-9-16(22)20-12-3-2-4-13(8-12)21(23)24/h2-8,10,19H,9H2,1H3,(H,20,22)/p+1/t10-/m0/s1. The molecule has 0 aromatic heterocycles. The van der Waals surface area contributed by atoms with E-state index in [1.54, 1.807) is 12.2 Å². The zero-order valence-electron chi connectivity index (χ0n) is 12.8. The fourth-order valence-electron chi connectivity index (χ4n) is 2.19. The molecule has 126 valence electrons. The van der Waals surface area contributed by atoms with E-state index in [0.29, 0.717) is 11.3 Å². The van der Waals surface area contributed by atoms with Crippen molar-refractivity contribution in [1.82, 2.24) is 0 Å². The van der Waals surface area contributed by atoms with Gasteiger partial charge in [-0.1, -0.05) is 6.07 Å². The number of quaternary nitrogens is 1. The SMILES string of the molecule is C[C@H]([NH2+]CC(=O)Nc1cccc([N+](=O)[O-])c1)c1ccc(F)cc1F. The van der Waals surface area contributed by atoms with Crippen LogP contribution in [0.5, 0.6) is 0 Å². The van der Waals surface area contributed by atoms with E-state index in [1.807, 2.05) is 0 Å². The number of nitrogens with one attached hydrogen (secondary N) is 1. The number of rotatable bonds is 6. The Morgan fingerprint density at radius 1 is 1.29 bits per heavy atom. The maximum Gasteiger partial charge on any atom is 0.279 e. The zero-order chi connectivity index (χ0) is 17.7. The van der Waals surface area contributed by atoms with Gasteiger partial charge < -0.3 is 10.6 Å². The summed E-state index contributed by atoms with van der Waals surface area (Å²) in [7, 11) is 0. The Kier molecular flexibility index (Phi) is 5.54. The van der Waals surface area contributed by atoms with Gasteiger partial charge in [-0.3, -0.25) is 14.9 Å². The van der Waals surface area contributed by atoms with E-state index in [2.05, 4.69) is 5.32 Å². The first-order valence-corrected chi connectivity index (χ1v) is 7.19. The van der Waals surface area contributed by atoms with E-state index in [1.165, 1.54) is 30.3 Å². The van der Waals surface area contributed by atoms with Gasteiger partial charge in [-0.25, -0.2) is 8.78 Å². The van der Waals surface area contributed by atoms with Crippen LogP contribution in [0.2, 0.25) is 0 Å². The van der Waals surface area contributed by atoms with E-state index in [4.69, 9.17) is 0 Å². The average molecular weight is 336 g/mol. The van der Waals surface area contributed by atoms with Crippen LogP contribution in [0.4, 0.5) is 20.2 Å². The molecule has 0 spiro atoms. The number of hydrogen-bond acceptors (Lipinski definition) is 3. The summed E-state index contributed by atoms with van der Waals surface area (Å²) in [5.41, 5.74) is 0.473. The number of halogens is 2. The minimum atomic E-state index is -0.669. The van der Waals surface area contributed by atoms with Crippen molar-refractivity contribution < 1.29 is 23.8 Å². The summed E-state index contributed by atoms with van der Waals surface area (Å²) in [6.07, 6.45) is 0. The van der Waals surface area contributed by atoms with Crippen LogP contribution in [0.1, 0.15) is 18.5 Å². The number of amides is 1. The lowest BCUT2D eigenvalue weighted by Gasteiger charge is -2.12. The summed E-state index contributed by atoms with van der Waals surface area (Å²) in [5, 5.41) is 14.8. The van der Waals surface area contributed by atoms with E-state index < -0.39 is 16.6 Å². The summed E-state index contributed by atoms with van der Waals surface area (Å²) < 4.78 is 26.6. The van der Waals surface area contributed by atoms with Crippen LogP contribution in [0.15, 0.2) is 42.5 Å². The molecule has 2 rings (SSSR count). The molecule has 6 nitrogen and oxygen atoms in total. The quantitative estimate of drug-likeness (QED) is 0.626. The van der Waals surface area contributed by atoms with Crippen LogP contribution < -0.4 is 10.6 Å². The van der Waals surface area contributed by atoms with Crippen molar-refractivity contribution in [2.24, 2.45) is 0 Å². The van der Waals surface area contributed by atoms with Crippen molar-refractivity contribution in [1.29, 1.82) is 0 Å². The van der Waals surface area contributed by atoms with Gasteiger partial charge in [0.2, 0.25) is 0 Å². The molecule has 0 aliphatic carbocycles. The molecule has 1 atom stereocenters. The molecular formula is C16H16F2N3O3+. The van der Waals surface area contributed by atoms with E-state index >= 15 is 0 Å². The first-order chi connectivity index (χ1) is 11.4. The molecule has 0 unspecified atom stereocenters. The molecule has 2 aromatic carbocycles. The van der Waals surface area contributed by atoms with Gasteiger partial charge in [0, 0.05) is 29.4 Å². The van der Waals surface area contributed by atoms with Crippen molar-refractivity contribution >= 4 is 17.3 Å². The minimum Gasteiger partial charge on any atom is -0.332 e. The highest BCUT2D eigenvalue weighted by atomic mass is 19.1. The van der Waals surface area contributed by atoms with Gasteiger partial charge in [0.25, 0.3) is 11.6 Å². The van der Waals surface area contributed by atoms with Gasteiger partial charge in [-0.15, -0.1) is 0 Å². The molecule has 3 N–H and O–H groups in total. The number of nitrogens with zero attached hydrogens (tertiary/aromatic N) is 1. The molecule has 2 aromatic rings. The smallest absolute Gasteiger partial charge is 0.279 e. The Morgan fingerprint density at radius 2 is 2.04 bits per heavy atom. The zero-order valence-corrected chi connectivity index (χ0v) is 12.8. The lowest BCUT2D eigenvalue weighted by Crippen LogP contribution is -2.86. The van der Waals surface area contributed by atoms with Gasteiger partial charge in [0.05, 0.1) is 4.92 Å². The molecule has 0 aliphatic rings. The minimum absolute atomic E-state index is 0.0132. The van der Waals surface area contributed by atoms with Gasteiger partial charge in [0.15, 0.2) is 6.54 Å². The van der Waals surface area contributed by atoms with Crippen molar-refractivity contribution in [2.75, 3.05) is 11.9 Å². The Hall–Kier alpha value is -2.87. The molecule has 0 bridgehead atoms. The summed E-state index contributed by atoms with van der Waals surface area (Å²) >= 11 is 0. The van der Waals surface area contributed by atoms with Crippen LogP contribution in [0.3, 0.4) is 0 Å². The number of carbonyl (C=O) groups excluding carboxylic acids is 1. The lowest BCUT2D eigenvalue weighted by atomic mass is 10.1. The Balaban J connectivity index is 1.93. The molecule has 0 aliphatic heterocycles. The summed E-state index contributed by atoms with van der Waals surface area (Å²) in [6, 6.07) is 8.48. The molecule has 0 saturated heterocycles. The van der Waals surface area contributed by atoms with E-state index in [-0.39, 0.29) is 24.2 Å². The number of carbonyl (C=O) groups is 1. The Bertz CT molecular complexity index is 768. The number of nitro groups is 1. The van der Waals surface area contributed by atoms with Crippen molar-refractivity contribution in [3.63, 3.8) is 0 Å². The van der Waals surface area contributed by atoms with Gasteiger partial charge in [-0.05, 0) is 25.1 Å². The fourth-order valence-corrected chi connectivity index (χ4v) is 2.19. The third-order valence-corrected chi connectivity index (χ3v) is 3.45. The highest BCUT2D eigenvalue weighted by Crippen LogP contribution is 2.17. The number of non-ortho nitro benzene ring substituents is 1. The van der Waals surface area contributed by atoms with Crippen LogP contribution in [-0.2, 0) is 4.79 Å².